The molecule has 0 aliphatic heterocycles. The van der Waals surface area contributed by atoms with Crippen LogP contribution in [-0.2, 0) is 10.0 Å². The summed E-state index contributed by atoms with van der Waals surface area (Å²) in [5.41, 5.74) is 2.34. The summed E-state index contributed by atoms with van der Waals surface area (Å²) in [6.45, 7) is 3.43. The van der Waals surface area contributed by atoms with Crippen molar-refractivity contribution in [1.29, 1.82) is 0 Å². The summed E-state index contributed by atoms with van der Waals surface area (Å²) in [5, 5.41) is 17.4. The lowest BCUT2D eigenvalue weighted by molar-refractivity contribution is 0.0981. The van der Waals surface area contributed by atoms with Gasteiger partial charge in [0, 0.05) is 24.3 Å². The van der Waals surface area contributed by atoms with Crippen LogP contribution in [0.1, 0.15) is 17.3 Å². The predicted molar refractivity (Wildman–Crippen MR) is 123 cm³/mol. The molecule has 0 fully saturated rings. The summed E-state index contributed by atoms with van der Waals surface area (Å²) in [6, 6.07) is 21.3. The molecule has 0 saturated carbocycles. The third-order valence-electron chi connectivity index (χ3n) is 4.66. The van der Waals surface area contributed by atoms with Crippen molar-refractivity contribution in [3.63, 3.8) is 0 Å². The highest BCUT2D eigenvalue weighted by Gasteiger charge is 2.18. The number of likely N-dealkylation sites (N-methyl/N-ethyl adjacent to an activating group) is 1. The lowest BCUT2D eigenvalue weighted by Gasteiger charge is -2.21. The number of benzene rings is 3. The number of sulfonamides is 1. The first-order valence-corrected chi connectivity index (χ1v) is 11.5. The van der Waals surface area contributed by atoms with Gasteiger partial charge in [0.05, 0.1) is 22.9 Å². The number of amides is 1. The number of hydrogen-bond donors (Lipinski definition) is 2. The maximum Gasteiger partial charge on any atom is 0.264 e. The molecule has 0 aliphatic rings. The van der Waals surface area contributed by atoms with Gasteiger partial charge in [-0.3, -0.25) is 4.79 Å². The molecule has 0 aromatic heterocycles. The molecule has 0 heterocycles. The van der Waals surface area contributed by atoms with E-state index in [-0.39, 0.29) is 17.1 Å². The molecule has 3 aromatic rings. The van der Waals surface area contributed by atoms with Gasteiger partial charge in [-0.05, 0) is 67.6 Å². The van der Waals surface area contributed by atoms with Crippen LogP contribution in [0, 0.1) is 0 Å². The van der Waals surface area contributed by atoms with E-state index in [1.54, 1.807) is 18.2 Å². The molecule has 0 radical (unpaired) electrons. The molecule has 0 unspecified atom stereocenters. The number of aliphatic hydroxyl groups is 1. The molecule has 32 heavy (non-hydrogen) atoms. The van der Waals surface area contributed by atoms with Crippen molar-refractivity contribution < 1.29 is 18.3 Å². The Labute approximate surface area is 187 Å². The van der Waals surface area contributed by atoms with Crippen LogP contribution in [-0.4, -0.2) is 39.1 Å². The first kappa shape index (κ1) is 23.1. The van der Waals surface area contributed by atoms with Gasteiger partial charge >= 0.3 is 0 Å². The fraction of sp³-hybridized carbons (Fsp3) is 0.174. The Morgan fingerprint density at radius 1 is 0.906 bits per heavy atom. The molecule has 166 valence electrons. The zero-order chi connectivity index (χ0) is 23.0. The average Bonchev–Trinajstić information content (AvgIpc) is 2.82. The van der Waals surface area contributed by atoms with Gasteiger partial charge in [-0.2, -0.15) is 10.2 Å². The van der Waals surface area contributed by atoms with Crippen molar-refractivity contribution in [2.45, 2.75) is 11.8 Å². The van der Waals surface area contributed by atoms with Crippen LogP contribution >= 0.6 is 0 Å². The quantitative estimate of drug-likeness (QED) is 0.476. The normalized spacial score (nSPS) is 11.4. The molecule has 8 nitrogen and oxygen atoms in total. The first-order valence-electron chi connectivity index (χ1n) is 10.0. The zero-order valence-corrected chi connectivity index (χ0v) is 18.4. The van der Waals surface area contributed by atoms with E-state index in [0.29, 0.717) is 17.9 Å². The fourth-order valence-electron chi connectivity index (χ4n) is 2.96. The largest absolute Gasteiger partial charge is 0.395 e. The van der Waals surface area contributed by atoms with Gasteiger partial charge in [0.15, 0.2) is 0 Å². The van der Waals surface area contributed by atoms with Crippen molar-refractivity contribution in [1.82, 2.24) is 4.72 Å². The second-order valence-electron chi connectivity index (χ2n) is 6.81. The number of aliphatic hydroxyl groups excluding tert-OH is 1. The number of carbonyl (C=O) groups excluding carboxylic acids is 1. The molecule has 3 aromatic carbocycles. The maximum absolute atomic E-state index is 12.5. The predicted octanol–water partition coefficient (Wildman–Crippen LogP) is 4.04. The van der Waals surface area contributed by atoms with Crippen LogP contribution < -0.4 is 9.62 Å². The molecule has 3 rings (SSSR count). The molecule has 0 aliphatic carbocycles. The van der Waals surface area contributed by atoms with Gasteiger partial charge in [-0.15, -0.1) is 0 Å². The van der Waals surface area contributed by atoms with Crippen LogP contribution in [0.4, 0.5) is 17.1 Å². The summed E-state index contributed by atoms with van der Waals surface area (Å²) in [4.78, 5) is 14.1. The van der Waals surface area contributed by atoms with E-state index in [2.05, 4.69) is 15.0 Å². The first-order chi connectivity index (χ1) is 15.4. The van der Waals surface area contributed by atoms with E-state index in [4.69, 9.17) is 5.11 Å². The lowest BCUT2D eigenvalue weighted by atomic mass is 10.2. The summed E-state index contributed by atoms with van der Waals surface area (Å²) in [5.74, 6) is -0.696. The van der Waals surface area contributed by atoms with Crippen molar-refractivity contribution in [2.75, 3.05) is 24.6 Å². The van der Waals surface area contributed by atoms with E-state index >= 15 is 0 Å². The highest BCUT2D eigenvalue weighted by atomic mass is 32.2. The van der Waals surface area contributed by atoms with Gasteiger partial charge in [-0.25, -0.2) is 13.1 Å². The van der Waals surface area contributed by atoms with E-state index in [0.717, 1.165) is 12.2 Å². The number of hydrogen-bond acceptors (Lipinski definition) is 7. The molecule has 9 heteroatoms. The van der Waals surface area contributed by atoms with Gasteiger partial charge in [-0.1, -0.05) is 18.2 Å². The van der Waals surface area contributed by atoms with Gasteiger partial charge < -0.3 is 10.0 Å². The van der Waals surface area contributed by atoms with Gasteiger partial charge in [0.25, 0.3) is 15.9 Å². The summed E-state index contributed by atoms with van der Waals surface area (Å²) < 4.78 is 27.0. The van der Waals surface area contributed by atoms with Crippen LogP contribution in [0.2, 0.25) is 0 Å². The average molecular weight is 453 g/mol. The Balaban J connectivity index is 1.66. The summed E-state index contributed by atoms with van der Waals surface area (Å²) in [7, 11) is -4.01. The van der Waals surface area contributed by atoms with Crippen LogP contribution in [0.5, 0.6) is 0 Å². The van der Waals surface area contributed by atoms with Crippen LogP contribution in [0.15, 0.2) is 94.0 Å². The van der Waals surface area contributed by atoms with E-state index in [1.807, 2.05) is 36.1 Å². The van der Waals surface area contributed by atoms with Gasteiger partial charge in [0.1, 0.15) is 0 Å². The molecule has 2 N–H and O–H groups in total. The van der Waals surface area contributed by atoms with Crippen molar-refractivity contribution >= 4 is 33.0 Å². The SMILES string of the molecule is CCN(CCO)c1ccc(N=Nc2ccc(S(=O)(=O)NC(=O)c3ccccc3)cc2)cc1. The molecular weight excluding hydrogens is 428 g/mol. The standard InChI is InChI=1S/C23H24N4O4S/c1-2-27(16-17-28)21-12-8-19(9-13-21)24-25-20-10-14-22(15-11-20)32(30,31)26-23(29)18-6-4-3-5-7-18/h3-15,28H,2,16-17H2,1H3,(H,26,29). The number of anilines is 1. The molecule has 0 saturated heterocycles. The number of azo groups is 1. The third kappa shape index (κ3) is 5.99. The van der Waals surface area contributed by atoms with E-state index in [9.17, 15) is 13.2 Å². The van der Waals surface area contributed by atoms with Crippen molar-refractivity contribution in [3.8, 4) is 0 Å². The fourth-order valence-corrected chi connectivity index (χ4v) is 3.93. The molecular formula is C23H24N4O4S. The molecule has 0 bridgehead atoms. The molecule has 0 atom stereocenters. The lowest BCUT2D eigenvalue weighted by Crippen LogP contribution is -2.30. The Kier molecular flexibility index (Phi) is 7.69. The second-order valence-corrected chi connectivity index (χ2v) is 8.50. The Morgan fingerprint density at radius 3 is 2.00 bits per heavy atom. The topological polar surface area (TPSA) is 111 Å². The zero-order valence-electron chi connectivity index (χ0n) is 17.5. The monoisotopic (exact) mass is 452 g/mol. The second kappa shape index (κ2) is 10.7. The number of rotatable bonds is 9. The molecule has 1 amide bonds. The number of carbonyl (C=O) groups is 1. The van der Waals surface area contributed by atoms with Gasteiger partial charge in [0.2, 0.25) is 0 Å². The Hall–Kier alpha value is -3.56. The minimum atomic E-state index is -4.01. The number of nitrogens with zero attached hydrogens (tertiary/aromatic N) is 3. The Bertz CT molecular complexity index is 1160. The van der Waals surface area contributed by atoms with E-state index < -0.39 is 15.9 Å². The summed E-state index contributed by atoms with van der Waals surface area (Å²) >= 11 is 0. The highest BCUT2D eigenvalue weighted by Crippen LogP contribution is 2.23. The summed E-state index contributed by atoms with van der Waals surface area (Å²) in [6.07, 6.45) is 0. The van der Waals surface area contributed by atoms with Crippen molar-refractivity contribution in [2.24, 2.45) is 10.2 Å². The number of nitrogens with one attached hydrogen (secondary N) is 1. The van der Waals surface area contributed by atoms with Crippen LogP contribution in [0.25, 0.3) is 0 Å². The molecule has 0 spiro atoms. The van der Waals surface area contributed by atoms with Crippen LogP contribution in [0.3, 0.4) is 0 Å². The Morgan fingerprint density at radius 2 is 1.47 bits per heavy atom. The van der Waals surface area contributed by atoms with E-state index in [1.165, 1.54) is 36.4 Å². The minimum Gasteiger partial charge on any atom is -0.395 e. The van der Waals surface area contributed by atoms with Crippen molar-refractivity contribution in [3.05, 3.63) is 84.4 Å². The smallest absolute Gasteiger partial charge is 0.264 e. The maximum atomic E-state index is 12.5. The highest BCUT2D eigenvalue weighted by molar-refractivity contribution is 7.90. The minimum absolute atomic E-state index is 0.0476. The third-order valence-corrected chi connectivity index (χ3v) is 6.00.